The number of methoxy groups -OCH3 is 2. The van der Waals surface area contributed by atoms with Crippen LogP contribution in [0.4, 0.5) is 5.69 Å². The predicted octanol–water partition coefficient (Wildman–Crippen LogP) is 3.44. The number of pyridine rings is 1. The highest BCUT2D eigenvalue weighted by Gasteiger charge is 2.26. The fraction of sp³-hybridized carbons (Fsp3) is 0.458. The number of nitrogen functional groups attached to an aromatic ring is 1. The highest BCUT2D eigenvalue weighted by molar-refractivity contribution is 5.86. The Morgan fingerprint density at radius 3 is 2.41 bits per heavy atom. The topological polar surface area (TPSA) is 95.5 Å². The number of likely N-dealkylation sites (tertiary alicyclic amines) is 1. The van der Waals surface area contributed by atoms with Gasteiger partial charge in [0, 0.05) is 49.1 Å². The maximum absolute atomic E-state index is 12.7. The first-order chi connectivity index (χ1) is 15.4. The number of hydrogen-bond donors (Lipinski definition) is 1. The summed E-state index contributed by atoms with van der Waals surface area (Å²) in [6, 6.07) is 7.76. The summed E-state index contributed by atoms with van der Waals surface area (Å²) in [6.07, 6.45) is 2.16. The van der Waals surface area contributed by atoms with Crippen molar-refractivity contribution in [3.8, 4) is 11.5 Å². The van der Waals surface area contributed by atoms with Crippen molar-refractivity contribution in [1.29, 1.82) is 0 Å². The number of carbonyl (C=O) groups is 1. The molecule has 32 heavy (non-hydrogen) atoms. The lowest BCUT2D eigenvalue weighted by molar-refractivity contribution is -0.132. The van der Waals surface area contributed by atoms with E-state index in [9.17, 15) is 4.79 Å². The predicted molar refractivity (Wildman–Crippen MR) is 124 cm³/mol. The summed E-state index contributed by atoms with van der Waals surface area (Å²) >= 11 is 0. The Morgan fingerprint density at radius 1 is 1.09 bits per heavy atom. The highest BCUT2D eigenvalue weighted by atomic mass is 16.5. The molecule has 1 amide bonds. The van der Waals surface area contributed by atoms with Crippen LogP contribution in [0.3, 0.4) is 0 Å². The van der Waals surface area contributed by atoms with E-state index in [0.29, 0.717) is 43.2 Å². The van der Waals surface area contributed by atoms with Crippen molar-refractivity contribution < 1.29 is 14.3 Å². The van der Waals surface area contributed by atoms with Gasteiger partial charge in [-0.3, -0.25) is 14.5 Å². The molecule has 0 atom stereocenters. The maximum Gasteiger partial charge on any atom is 0.224 e. The maximum atomic E-state index is 12.7. The molecule has 8 heteroatoms. The molecule has 1 aliphatic heterocycles. The third-order valence-electron chi connectivity index (χ3n) is 6.26. The van der Waals surface area contributed by atoms with E-state index < -0.39 is 0 Å². The Hall–Kier alpha value is -3.29. The molecule has 1 fully saturated rings. The SMILES string of the molecule is COc1cc2cc(N)c(C3CCN(C(=O)CCn4nc(C)cc4C)CC3)nc2cc1OC. The minimum absolute atomic E-state index is 0.173. The number of amides is 1. The standard InChI is InChI=1S/C24H31N5O3/c1-15-11-16(2)29(27-15)10-7-23(30)28-8-5-17(6-9-28)24-19(25)12-18-13-21(31-3)22(32-4)14-20(18)26-24/h11-14,17H,5-10,25H2,1-4H3. The molecule has 1 saturated heterocycles. The Labute approximate surface area is 188 Å². The summed E-state index contributed by atoms with van der Waals surface area (Å²) in [6.45, 7) is 6.03. The van der Waals surface area contributed by atoms with Crippen LogP contribution in [-0.2, 0) is 11.3 Å². The van der Waals surface area contributed by atoms with Crippen LogP contribution in [-0.4, -0.2) is 52.9 Å². The zero-order valence-corrected chi connectivity index (χ0v) is 19.2. The minimum atomic E-state index is 0.173. The molecule has 1 aromatic carbocycles. The van der Waals surface area contributed by atoms with Crippen molar-refractivity contribution in [2.75, 3.05) is 33.0 Å². The average Bonchev–Trinajstić information content (AvgIpc) is 3.12. The molecule has 1 aliphatic rings. The molecule has 3 heterocycles. The molecule has 0 bridgehead atoms. The number of rotatable bonds is 6. The molecule has 0 radical (unpaired) electrons. The second kappa shape index (κ2) is 9.06. The highest BCUT2D eigenvalue weighted by Crippen LogP contribution is 2.36. The molecule has 3 aromatic rings. The summed E-state index contributed by atoms with van der Waals surface area (Å²) in [5, 5.41) is 5.36. The number of carbonyl (C=O) groups excluding carboxylic acids is 1. The van der Waals surface area contributed by atoms with Crippen LogP contribution in [0.15, 0.2) is 24.3 Å². The molecular formula is C24H31N5O3. The van der Waals surface area contributed by atoms with E-state index >= 15 is 0 Å². The lowest BCUT2D eigenvalue weighted by atomic mass is 9.91. The zero-order chi connectivity index (χ0) is 22.8. The van der Waals surface area contributed by atoms with Crippen LogP contribution < -0.4 is 15.2 Å². The smallest absolute Gasteiger partial charge is 0.224 e. The molecule has 0 unspecified atom stereocenters. The number of nitrogens with zero attached hydrogens (tertiary/aromatic N) is 4. The molecule has 0 saturated carbocycles. The summed E-state index contributed by atoms with van der Waals surface area (Å²) < 4.78 is 12.7. The van der Waals surface area contributed by atoms with Crippen LogP contribution in [0, 0.1) is 13.8 Å². The number of hydrogen-bond acceptors (Lipinski definition) is 6. The quantitative estimate of drug-likeness (QED) is 0.635. The number of benzene rings is 1. The van der Waals surface area contributed by atoms with Gasteiger partial charge in [-0.1, -0.05) is 0 Å². The Kier molecular flexibility index (Phi) is 6.21. The summed E-state index contributed by atoms with van der Waals surface area (Å²) in [5.41, 5.74) is 10.9. The number of ether oxygens (including phenoxy) is 2. The zero-order valence-electron chi connectivity index (χ0n) is 19.2. The Bertz CT molecular complexity index is 1130. The van der Waals surface area contributed by atoms with Gasteiger partial charge in [0.1, 0.15) is 0 Å². The lowest BCUT2D eigenvalue weighted by Crippen LogP contribution is -2.38. The first-order valence-corrected chi connectivity index (χ1v) is 11.0. The molecule has 0 aliphatic carbocycles. The molecule has 4 rings (SSSR count). The van der Waals surface area contributed by atoms with Gasteiger partial charge in [-0.15, -0.1) is 0 Å². The molecule has 2 N–H and O–H groups in total. The van der Waals surface area contributed by atoms with Crippen molar-refractivity contribution in [3.63, 3.8) is 0 Å². The van der Waals surface area contributed by atoms with E-state index in [1.54, 1.807) is 14.2 Å². The Morgan fingerprint density at radius 2 is 1.78 bits per heavy atom. The van der Waals surface area contributed by atoms with Gasteiger partial charge in [-0.2, -0.15) is 5.10 Å². The van der Waals surface area contributed by atoms with Gasteiger partial charge in [0.05, 0.1) is 36.8 Å². The first kappa shape index (κ1) is 21.9. The average molecular weight is 438 g/mol. The normalized spacial score (nSPS) is 14.7. The molecule has 8 nitrogen and oxygen atoms in total. The fourth-order valence-corrected chi connectivity index (χ4v) is 4.52. The van der Waals surface area contributed by atoms with Crippen molar-refractivity contribution >= 4 is 22.5 Å². The first-order valence-electron chi connectivity index (χ1n) is 11.0. The number of nitrogens with two attached hydrogens (primary N) is 1. The van der Waals surface area contributed by atoms with Gasteiger partial charge in [0.2, 0.25) is 5.91 Å². The number of aromatic nitrogens is 3. The Balaban J connectivity index is 1.42. The van der Waals surface area contributed by atoms with E-state index in [0.717, 1.165) is 40.8 Å². The van der Waals surface area contributed by atoms with E-state index in [2.05, 4.69) is 5.10 Å². The van der Waals surface area contributed by atoms with Crippen LogP contribution in [0.25, 0.3) is 10.9 Å². The van der Waals surface area contributed by atoms with Crippen LogP contribution >= 0.6 is 0 Å². The van der Waals surface area contributed by atoms with Gasteiger partial charge in [-0.25, -0.2) is 0 Å². The van der Waals surface area contributed by atoms with Crippen molar-refractivity contribution in [3.05, 3.63) is 41.3 Å². The lowest BCUT2D eigenvalue weighted by Gasteiger charge is -2.32. The fourth-order valence-electron chi connectivity index (χ4n) is 4.52. The second-order valence-corrected chi connectivity index (χ2v) is 8.42. The summed E-state index contributed by atoms with van der Waals surface area (Å²) in [7, 11) is 3.23. The second-order valence-electron chi connectivity index (χ2n) is 8.42. The van der Waals surface area contributed by atoms with E-state index in [-0.39, 0.29) is 11.8 Å². The number of aryl methyl sites for hydroxylation is 3. The molecule has 170 valence electrons. The van der Waals surface area contributed by atoms with Gasteiger partial charge in [0.25, 0.3) is 0 Å². The van der Waals surface area contributed by atoms with Gasteiger partial charge in [0.15, 0.2) is 11.5 Å². The largest absolute Gasteiger partial charge is 0.493 e. The number of fused-ring (bicyclic) bond motifs is 1. The third kappa shape index (κ3) is 4.35. The van der Waals surface area contributed by atoms with Crippen molar-refractivity contribution in [2.24, 2.45) is 0 Å². The third-order valence-corrected chi connectivity index (χ3v) is 6.26. The number of piperidine rings is 1. The summed E-state index contributed by atoms with van der Waals surface area (Å²) in [4.78, 5) is 19.5. The number of anilines is 1. The van der Waals surface area contributed by atoms with Crippen LogP contribution in [0.1, 0.15) is 42.3 Å². The van der Waals surface area contributed by atoms with Gasteiger partial charge in [-0.05, 0) is 44.9 Å². The van der Waals surface area contributed by atoms with E-state index in [1.807, 2.05) is 47.7 Å². The van der Waals surface area contributed by atoms with Gasteiger partial charge >= 0.3 is 0 Å². The molecule has 2 aromatic heterocycles. The van der Waals surface area contributed by atoms with Crippen LogP contribution in [0.2, 0.25) is 0 Å². The minimum Gasteiger partial charge on any atom is -0.493 e. The molecule has 0 spiro atoms. The van der Waals surface area contributed by atoms with Gasteiger partial charge < -0.3 is 20.1 Å². The van der Waals surface area contributed by atoms with Crippen molar-refractivity contribution in [2.45, 2.75) is 45.6 Å². The van der Waals surface area contributed by atoms with Crippen LogP contribution in [0.5, 0.6) is 11.5 Å². The van der Waals surface area contributed by atoms with E-state index in [1.165, 1.54) is 0 Å². The van der Waals surface area contributed by atoms with E-state index in [4.69, 9.17) is 20.2 Å². The monoisotopic (exact) mass is 437 g/mol. The van der Waals surface area contributed by atoms with Crippen molar-refractivity contribution in [1.82, 2.24) is 19.7 Å². The summed E-state index contributed by atoms with van der Waals surface area (Å²) in [5.74, 6) is 1.70. The molecular weight excluding hydrogens is 406 g/mol.